The van der Waals surface area contributed by atoms with Gasteiger partial charge in [-0.2, -0.15) is 13.2 Å². The van der Waals surface area contributed by atoms with Crippen LogP contribution < -0.4 is 5.73 Å². The lowest BCUT2D eigenvalue weighted by Gasteiger charge is -2.31. The fourth-order valence-corrected chi connectivity index (χ4v) is 1.89. The molecule has 0 aliphatic rings. The molecule has 4 nitrogen and oxygen atoms in total. The highest BCUT2D eigenvalue weighted by Gasteiger charge is 2.44. The molecule has 0 saturated heterocycles. The van der Waals surface area contributed by atoms with Gasteiger partial charge >= 0.3 is 12.1 Å². The van der Waals surface area contributed by atoms with Crippen LogP contribution in [0.4, 0.5) is 17.6 Å². The van der Waals surface area contributed by atoms with Crippen molar-refractivity contribution in [2.24, 2.45) is 11.1 Å². The number of carbonyl (C=O) groups is 1. The molecule has 0 amide bonds. The van der Waals surface area contributed by atoms with E-state index in [1.165, 1.54) is 13.8 Å². The summed E-state index contributed by atoms with van der Waals surface area (Å²) in [6.45, 7) is 2.49. The minimum absolute atomic E-state index is 0. The molecule has 0 aliphatic carbocycles. The van der Waals surface area contributed by atoms with Crippen molar-refractivity contribution in [2.45, 2.75) is 26.1 Å². The zero-order chi connectivity index (χ0) is 16.6. The number of benzene rings is 1. The Bertz CT molecular complexity index is 561. The van der Waals surface area contributed by atoms with Gasteiger partial charge in [-0.1, -0.05) is 0 Å². The molecule has 0 heterocycles. The van der Waals surface area contributed by atoms with Crippen LogP contribution in [0.1, 0.15) is 31.0 Å². The average molecular weight is 346 g/mol. The number of ether oxygens (including phenoxy) is 1. The Balaban J connectivity index is 0.00000441. The first-order chi connectivity index (χ1) is 9.44. The second kappa shape index (κ2) is 6.70. The molecule has 0 bridgehead atoms. The molecule has 3 N–H and O–H groups in total. The first-order valence-electron chi connectivity index (χ1n) is 5.87. The number of hydrogen-bond donors (Lipinski definition) is 2. The summed E-state index contributed by atoms with van der Waals surface area (Å²) in [5, 5.41) is 9.62. The number of halogens is 5. The van der Waals surface area contributed by atoms with Crippen LogP contribution in [-0.2, 0) is 15.7 Å². The smallest absolute Gasteiger partial charge is 0.416 e. The topological polar surface area (TPSA) is 72.5 Å². The van der Waals surface area contributed by atoms with Gasteiger partial charge in [0.2, 0.25) is 0 Å². The van der Waals surface area contributed by atoms with Crippen LogP contribution in [0, 0.1) is 11.2 Å². The van der Waals surface area contributed by atoms with E-state index in [2.05, 4.69) is 4.74 Å². The van der Waals surface area contributed by atoms with E-state index in [1.54, 1.807) is 0 Å². The molecule has 0 fully saturated rings. The Hall–Kier alpha value is -1.54. The third-order valence-corrected chi connectivity index (χ3v) is 3.27. The van der Waals surface area contributed by atoms with Crippen molar-refractivity contribution in [3.63, 3.8) is 0 Å². The van der Waals surface area contributed by atoms with Gasteiger partial charge in [0.1, 0.15) is 0 Å². The van der Waals surface area contributed by atoms with E-state index in [-0.39, 0.29) is 12.4 Å². The highest BCUT2D eigenvalue weighted by Crippen LogP contribution is 2.44. The molecule has 0 aromatic heterocycles. The van der Waals surface area contributed by atoms with Crippen molar-refractivity contribution in [3.05, 3.63) is 29.1 Å². The predicted molar refractivity (Wildman–Crippen MR) is 73.0 cm³/mol. The number of phenols is 1. The Morgan fingerprint density at radius 3 is 2.23 bits per heavy atom. The van der Waals surface area contributed by atoms with Crippen molar-refractivity contribution in [2.75, 3.05) is 7.11 Å². The molecule has 0 aliphatic heterocycles. The number of rotatable bonds is 3. The number of esters is 1. The van der Waals surface area contributed by atoms with E-state index in [0.717, 1.165) is 7.11 Å². The molecule has 126 valence electrons. The summed E-state index contributed by atoms with van der Waals surface area (Å²) in [6, 6.07) is -0.658. The Morgan fingerprint density at radius 1 is 1.32 bits per heavy atom. The van der Waals surface area contributed by atoms with Crippen molar-refractivity contribution in [1.82, 2.24) is 0 Å². The van der Waals surface area contributed by atoms with E-state index in [9.17, 15) is 27.5 Å². The van der Waals surface area contributed by atoms with E-state index in [1.807, 2.05) is 0 Å². The minimum atomic E-state index is -4.86. The molecule has 1 atom stereocenters. The summed E-state index contributed by atoms with van der Waals surface area (Å²) in [7, 11) is 1.05. The van der Waals surface area contributed by atoms with Crippen LogP contribution in [0.3, 0.4) is 0 Å². The molecule has 22 heavy (non-hydrogen) atoms. The zero-order valence-electron chi connectivity index (χ0n) is 12.0. The van der Waals surface area contributed by atoms with E-state index in [4.69, 9.17) is 5.73 Å². The number of carbonyl (C=O) groups excluding carboxylic acids is 1. The second-order valence-corrected chi connectivity index (χ2v) is 5.05. The van der Waals surface area contributed by atoms with E-state index in [0.29, 0.717) is 12.1 Å². The van der Waals surface area contributed by atoms with Gasteiger partial charge in [-0.05, 0) is 26.0 Å². The van der Waals surface area contributed by atoms with Crippen molar-refractivity contribution in [1.29, 1.82) is 0 Å². The SMILES string of the molecule is COC(=O)C(C)(C)[C@@H](N)c1c(C(F)(F)F)ccc(F)c1O.Cl. The molecule has 9 heteroatoms. The highest BCUT2D eigenvalue weighted by molar-refractivity contribution is 5.85. The maximum Gasteiger partial charge on any atom is 0.416 e. The van der Waals surface area contributed by atoms with E-state index < -0.39 is 46.3 Å². The Labute approximate surface area is 130 Å². The molecular weight excluding hydrogens is 330 g/mol. The summed E-state index contributed by atoms with van der Waals surface area (Å²) < 4.78 is 56.8. The van der Waals surface area contributed by atoms with Crippen LogP contribution in [0.15, 0.2) is 12.1 Å². The van der Waals surface area contributed by atoms with Crippen LogP contribution >= 0.6 is 12.4 Å². The second-order valence-electron chi connectivity index (χ2n) is 5.05. The molecule has 0 radical (unpaired) electrons. The molecule has 1 rings (SSSR count). The number of nitrogens with two attached hydrogens (primary N) is 1. The number of phenolic OH excluding ortho intramolecular Hbond substituents is 1. The monoisotopic (exact) mass is 345 g/mol. The fraction of sp³-hybridized carbons (Fsp3) is 0.462. The van der Waals surface area contributed by atoms with Gasteiger partial charge in [0.25, 0.3) is 0 Å². The van der Waals surface area contributed by atoms with Crippen molar-refractivity contribution >= 4 is 18.4 Å². The summed E-state index contributed by atoms with van der Waals surface area (Å²) in [5.41, 5.74) is 1.91. The van der Waals surface area contributed by atoms with Gasteiger partial charge < -0.3 is 15.6 Å². The standard InChI is InChI=1S/C13H15F4NO3.ClH/c1-12(2,11(20)21-3)10(18)8-6(13(15,16)17)4-5-7(14)9(8)19;/h4-5,10,19H,18H2,1-3H3;1H/t10-;/m0./s1. The van der Waals surface area contributed by atoms with Gasteiger partial charge in [0.05, 0.1) is 18.1 Å². The van der Waals surface area contributed by atoms with Crippen LogP contribution in [-0.4, -0.2) is 18.2 Å². The number of hydrogen-bond acceptors (Lipinski definition) is 4. The molecular formula is C13H16ClF4NO3. The molecule has 0 spiro atoms. The lowest BCUT2D eigenvalue weighted by Crippen LogP contribution is -2.38. The average Bonchev–Trinajstić information content (AvgIpc) is 2.38. The summed E-state index contributed by atoms with van der Waals surface area (Å²) >= 11 is 0. The third kappa shape index (κ3) is 3.61. The third-order valence-electron chi connectivity index (χ3n) is 3.27. The maximum absolute atomic E-state index is 13.4. The lowest BCUT2D eigenvalue weighted by atomic mass is 9.79. The summed E-state index contributed by atoms with van der Waals surface area (Å²) in [4.78, 5) is 11.6. The van der Waals surface area contributed by atoms with Crippen molar-refractivity contribution < 1.29 is 32.2 Å². The predicted octanol–water partition coefficient (Wildman–Crippen LogP) is 3.17. The first kappa shape index (κ1) is 20.5. The largest absolute Gasteiger partial charge is 0.505 e. The van der Waals surface area contributed by atoms with Gasteiger partial charge in [-0.15, -0.1) is 12.4 Å². The van der Waals surface area contributed by atoms with Crippen LogP contribution in [0.2, 0.25) is 0 Å². The maximum atomic E-state index is 13.4. The van der Waals surface area contributed by atoms with Gasteiger partial charge in [-0.25, -0.2) is 4.39 Å². The van der Waals surface area contributed by atoms with Crippen LogP contribution in [0.5, 0.6) is 5.75 Å². The van der Waals surface area contributed by atoms with Crippen molar-refractivity contribution in [3.8, 4) is 5.75 Å². The summed E-state index contributed by atoms with van der Waals surface area (Å²) in [5.74, 6) is -3.37. The molecule has 0 unspecified atom stereocenters. The number of methoxy groups -OCH3 is 1. The van der Waals surface area contributed by atoms with E-state index >= 15 is 0 Å². The Morgan fingerprint density at radius 2 is 1.82 bits per heavy atom. The first-order valence-corrected chi connectivity index (χ1v) is 5.87. The van der Waals surface area contributed by atoms with Gasteiger partial charge in [0, 0.05) is 11.6 Å². The van der Waals surface area contributed by atoms with Gasteiger partial charge in [-0.3, -0.25) is 4.79 Å². The van der Waals surface area contributed by atoms with Gasteiger partial charge in [0.15, 0.2) is 11.6 Å². The fourth-order valence-electron chi connectivity index (χ4n) is 1.89. The zero-order valence-corrected chi connectivity index (χ0v) is 12.8. The normalized spacial score (nSPS) is 13.3. The number of alkyl halides is 3. The highest BCUT2D eigenvalue weighted by atomic mass is 35.5. The lowest BCUT2D eigenvalue weighted by molar-refractivity contribution is -0.153. The quantitative estimate of drug-likeness (QED) is 0.652. The molecule has 1 aromatic rings. The number of aromatic hydroxyl groups is 1. The molecule has 1 aromatic carbocycles. The molecule has 0 saturated carbocycles. The minimum Gasteiger partial charge on any atom is -0.505 e. The van der Waals surface area contributed by atoms with Crippen LogP contribution in [0.25, 0.3) is 0 Å². The summed E-state index contributed by atoms with van der Waals surface area (Å²) in [6.07, 6.45) is -4.86. The Kier molecular flexibility index (Phi) is 6.23.